The Kier molecular flexibility index (Phi) is 4.28. The summed E-state index contributed by atoms with van der Waals surface area (Å²) in [7, 11) is -3.79. The molecule has 126 valence electrons. The zero-order chi connectivity index (χ0) is 17.3. The molecule has 1 saturated heterocycles. The Morgan fingerprint density at radius 3 is 2.42 bits per heavy atom. The van der Waals surface area contributed by atoms with Crippen molar-refractivity contribution in [3.63, 3.8) is 0 Å². The van der Waals surface area contributed by atoms with Crippen LogP contribution in [-0.4, -0.2) is 20.9 Å². The highest BCUT2D eigenvalue weighted by molar-refractivity contribution is 7.92. The summed E-state index contributed by atoms with van der Waals surface area (Å²) in [6.07, 6.45) is 1.37. The molecule has 2 aromatic rings. The number of hydrogen-bond acceptors (Lipinski definition) is 3. The van der Waals surface area contributed by atoms with E-state index in [0.717, 1.165) is 18.2 Å². The van der Waals surface area contributed by atoms with Gasteiger partial charge in [-0.05, 0) is 61.4 Å². The van der Waals surface area contributed by atoms with Crippen LogP contribution < -0.4 is 9.62 Å². The first-order valence-electron chi connectivity index (χ1n) is 7.56. The second-order valence-electron chi connectivity index (χ2n) is 5.71. The third kappa shape index (κ3) is 3.26. The van der Waals surface area contributed by atoms with Crippen molar-refractivity contribution in [3.8, 4) is 0 Å². The summed E-state index contributed by atoms with van der Waals surface area (Å²) in [5.74, 6) is -0.376. The lowest BCUT2D eigenvalue weighted by atomic mass is 10.2. The first kappa shape index (κ1) is 16.4. The van der Waals surface area contributed by atoms with Crippen molar-refractivity contribution >= 4 is 27.3 Å². The number of anilines is 2. The average molecular weight is 348 g/mol. The molecule has 3 rings (SSSR count). The van der Waals surface area contributed by atoms with Crippen molar-refractivity contribution in [2.45, 2.75) is 24.7 Å². The summed E-state index contributed by atoms with van der Waals surface area (Å²) in [4.78, 5) is 13.4. The summed E-state index contributed by atoms with van der Waals surface area (Å²) in [5, 5.41) is 0. The molecular weight excluding hydrogens is 331 g/mol. The highest BCUT2D eigenvalue weighted by atomic mass is 32.2. The number of halogens is 1. The fourth-order valence-corrected chi connectivity index (χ4v) is 3.77. The number of carbonyl (C=O) groups is 1. The maximum Gasteiger partial charge on any atom is 0.261 e. The van der Waals surface area contributed by atoms with E-state index < -0.39 is 15.8 Å². The maximum atomic E-state index is 13.3. The van der Waals surface area contributed by atoms with Crippen LogP contribution in [0.4, 0.5) is 15.8 Å². The smallest absolute Gasteiger partial charge is 0.261 e. The third-order valence-corrected chi connectivity index (χ3v) is 5.32. The van der Waals surface area contributed by atoms with Crippen molar-refractivity contribution in [1.82, 2.24) is 0 Å². The quantitative estimate of drug-likeness (QED) is 0.923. The van der Waals surface area contributed by atoms with Crippen molar-refractivity contribution in [2.75, 3.05) is 16.2 Å². The molecule has 1 fully saturated rings. The molecule has 0 bridgehead atoms. The van der Waals surface area contributed by atoms with Crippen LogP contribution in [0, 0.1) is 12.7 Å². The minimum Gasteiger partial charge on any atom is -0.312 e. The van der Waals surface area contributed by atoms with Crippen LogP contribution in [-0.2, 0) is 14.8 Å². The van der Waals surface area contributed by atoms with Crippen LogP contribution in [0.5, 0.6) is 0 Å². The topological polar surface area (TPSA) is 66.5 Å². The molecular formula is C17H17FN2O3S. The first-order chi connectivity index (χ1) is 11.4. The lowest BCUT2D eigenvalue weighted by Gasteiger charge is -2.16. The van der Waals surface area contributed by atoms with E-state index >= 15 is 0 Å². The van der Waals surface area contributed by atoms with Gasteiger partial charge in [0.1, 0.15) is 5.82 Å². The molecule has 0 atom stereocenters. The van der Waals surface area contributed by atoms with Crippen LogP contribution in [0.25, 0.3) is 0 Å². The summed E-state index contributed by atoms with van der Waals surface area (Å²) in [5.41, 5.74) is 1.39. The van der Waals surface area contributed by atoms with Gasteiger partial charge >= 0.3 is 0 Å². The lowest BCUT2D eigenvalue weighted by Crippen LogP contribution is -2.23. The Morgan fingerprint density at radius 1 is 1.12 bits per heavy atom. The number of amides is 1. The van der Waals surface area contributed by atoms with E-state index in [9.17, 15) is 17.6 Å². The van der Waals surface area contributed by atoms with Gasteiger partial charge in [-0.3, -0.25) is 9.52 Å². The van der Waals surface area contributed by atoms with Gasteiger partial charge in [0.15, 0.2) is 0 Å². The van der Waals surface area contributed by atoms with Gasteiger partial charge in [0.2, 0.25) is 5.91 Å². The predicted molar refractivity (Wildman–Crippen MR) is 90.0 cm³/mol. The van der Waals surface area contributed by atoms with Crippen molar-refractivity contribution in [2.24, 2.45) is 0 Å². The molecule has 24 heavy (non-hydrogen) atoms. The number of hydrogen-bond donors (Lipinski definition) is 1. The summed E-state index contributed by atoms with van der Waals surface area (Å²) in [6, 6.07) is 10.3. The SMILES string of the molecule is Cc1cc(S(=O)(=O)Nc2ccc(N3CCCC3=O)cc2)ccc1F. The molecule has 5 nitrogen and oxygen atoms in total. The molecule has 1 aliphatic heterocycles. The molecule has 1 N–H and O–H groups in total. The molecule has 0 saturated carbocycles. The van der Waals surface area contributed by atoms with E-state index in [1.54, 1.807) is 29.2 Å². The van der Waals surface area contributed by atoms with E-state index in [-0.39, 0.29) is 16.4 Å². The normalized spacial score (nSPS) is 14.9. The largest absolute Gasteiger partial charge is 0.312 e. The zero-order valence-electron chi connectivity index (χ0n) is 13.1. The fourth-order valence-electron chi connectivity index (χ4n) is 2.63. The second kappa shape index (κ2) is 6.24. The van der Waals surface area contributed by atoms with E-state index in [4.69, 9.17) is 0 Å². The monoisotopic (exact) mass is 348 g/mol. The Labute approximate surface area is 140 Å². The average Bonchev–Trinajstić information content (AvgIpc) is 2.96. The van der Waals surface area contributed by atoms with Crippen LogP contribution >= 0.6 is 0 Å². The summed E-state index contributed by atoms with van der Waals surface area (Å²) in [6.45, 7) is 2.19. The number of rotatable bonds is 4. The van der Waals surface area contributed by atoms with E-state index in [0.29, 0.717) is 18.7 Å². The van der Waals surface area contributed by atoms with Gasteiger partial charge < -0.3 is 4.90 Å². The Bertz CT molecular complexity index is 879. The minimum atomic E-state index is -3.79. The van der Waals surface area contributed by atoms with Gasteiger partial charge in [-0.1, -0.05) is 0 Å². The van der Waals surface area contributed by atoms with Crippen molar-refractivity contribution in [3.05, 3.63) is 53.8 Å². The molecule has 0 radical (unpaired) electrons. The Balaban J connectivity index is 1.80. The molecule has 0 spiro atoms. The van der Waals surface area contributed by atoms with E-state index in [1.807, 2.05) is 0 Å². The first-order valence-corrected chi connectivity index (χ1v) is 9.04. The minimum absolute atomic E-state index is 0.000183. The highest BCUT2D eigenvalue weighted by Crippen LogP contribution is 2.24. The van der Waals surface area contributed by atoms with Crippen LogP contribution in [0.2, 0.25) is 0 Å². The molecule has 1 aliphatic rings. The standard InChI is InChI=1S/C17H17FN2O3S/c1-12-11-15(8-9-16(12)18)24(22,23)19-13-4-6-14(7-5-13)20-10-2-3-17(20)21/h4-9,11,19H,2-3,10H2,1H3. The summed E-state index contributed by atoms with van der Waals surface area (Å²) >= 11 is 0. The predicted octanol–water partition coefficient (Wildman–Crippen LogP) is 3.06. The number of aryl methyl sites for hydroxylation is 1. The van der Waals surface area contributed by atoms with Crippen LogP contribution in [0.3, 0.4) is 0 Å². The van der Waals surface area contributed by atoms with Gasteiger partial charge in [0.25, 0.3) is 10.0 Å². The van der Waals surface area contributed by atoms with E-state index in [2.05, 4.69) is 4.72 Å². The van der Waals surface area contributed by atoms with Crippen LogP contribution in [0.15, 0.2) is 47.4 Å². The Morgan fingerprint density at radius 2 is 1.83 bits per heavy atom. The fraction of sp³-hybridized carbons (Fsp3) is 0.235. The number of nitrogens with zero attached hydrogens (tertiary/aromatic N) is 1. The summed E-state index contributed by atoms with van der Waals surface area (Å²) < 4.78 is 40.5. The molecule has 0 aromatic heterocycles. The van der Waals surface area contributed by atoms with Crippen molar-refractivity contribution < 1.29 is 17.6 Å². The molecule has 0 unspecified atom stereocenters. The highest BCUT2D eigenvalue weighted by Gasteiger charge is 2.22. The van der Waals surface area contributed by atoms with Crippen LogP contribution in [0.1, 0.15) is 18.4 Å². The number of sulfonamides is 1. The second-order valence-corrected chi connectivity index (χ2v) is 7.39. The van der Waals surface area contributed by atoms with Gasteiger partial charge in [-0.25, -0.2) is 12.8 Å². The number of benzene rings is 2. The molecule has 2 aromatic carbocycles. The lowest BCUT2D eigenvalue weighted by molar-refractivity contribution is -0.117. The molecule has 1 amide bonds. The number of carbonyl (C=O) groups excluding carboxylic acids is 1. The molecule has 1 heterocycles. The van der Waals surface area contributed by atoms with E-state index in [1.165, 1.54) is 19.1 Å². The number of nitrogens with one attached hydrogen (secondary N) is 1. The third-order valence-electron chi connectivity index (χ3n) is 3.94. The van der Waals surface area contributed by atoms with Crippen molar-refractivity contribution in [1.29, 1.82) is 0 Å². The van der Waals surface area contributed by atoms with Gasteiger partial charge in [-0.15, -0.1) is 0 Å². The maximum absolute atomic E-state index is 13.3. The Hall–Kier alpha value is -2.41. The van der Waals surface area contributed by atoms with Gasteiger partial charge in [0, 0.05) is 24.3 Å². The van der Waals surface area contributed by atoms with Gasteiger partial charge in [0.05, 0.1) is 4.90 Å². The zero-order valence-corrected chi connectivity index (χ0v) is 13.9. The molecule has 0 aliphatic carbocycles. The van der Waals surface area contributed by atoms with Gasteiger partial charge in [-0.2, -0.15) is 0 Å². The molecule has 7 heteroatoms.